The van der Waals surface area contributed by atoms with E-state index >= 15 is 0 Å². The highest BCUT2D eigenvalue weighted by Gasteiger charge is 2.27. The lowest BCUT2D eigenvalue weighted by Crippen LogP contribution is -2.09. The van der Waals surface area contributed by atoms with Crippen LogP contribution in [-0.4, -0.2) is 19.5 Å². The van der Waals surface area contributed by atoms with E-state index in [1.807, 2.05) is 48.5 Å². The van der Waals surface area contributed by atoms with Gasteiger partial charge in [0.05, 0.1) is 33.2 Å². The van der Waals surface area contributed by atoms with Gasteiger partial charge in [0.2, 0.25) is 0 Å². The molecule has 0 aliphatic rings. The van der Waals surface area contributed by atoms with Gasteiger partial charge in [0.25, 0.3) is 0 Å². The van der Waals surface area contributed by atoms with Crippen LogP contribution in [0.2, 0.25) is 0 Å². The van der Waals surface area contributed by atoms with Gasteiger partial charge in [-0.1, -0.05) is 170 Å². The van der Waals surface area contributed by atoms with Crippen molar-refractivity contribution < 1.29 is 13.3 Å². The smallest absolute Gasteiger partial charge is 0.164 e. The maximum absolute atomic E-state index is 7.19. The lowest BCUT2D eigenvalue weighted by molar-refractivity contribution is 0.668. The van der Waals surface area contributed by atoms with Gasteiger partial charge in [-0.3, -0.25) is 0 Å². The second-order valence-corrected chi connectivity index (χ2v) is 21.0. The molecule has 12 aromatic carbocycles. The third-order valence-corrected chi connectivity index (χ3v) is 16.2. The van der Waals surface area contributed by atoms with E-state index in [4.69, 9.17) is 28.2 Å². The summed E-state index contributed by atoms with van der Waals surface area (Å²) in [7, 11) is 0. The monoisotopic (exact) mass is 1060 g/mol. The largest absolute Gasteiger partial charge is 0.456 e. The first-order valence-corrected chi connectivity index (χ1v) is 27.8. The van der Waals surface area contributed by atoms with E-state index in [0.717, 1.165) is 149 Å². The van der Waals surface area contributed by atoms with Crippen LogP contribution < -0.4 is 4.90 Å². The molecule has 0 N–H and O–H groups in total. The number of fused-ring (bicyclic) bond motifs is 13. The fraction of sp³-hybridized carbons (Fsp3) is 0. The summed E-state index contributed by atoms with van der Waals surface area (Å²) in [6.45, 7) is 0. The standard InChI is InChI=1S/C75H45N5O3/c1-5-20-46(21-6-1)59-42-50(75-77-73(48-36-38-55-53-28-14-17-33-64(53)81-67(55)44-48)76-74(78-75)49-37-39-56-54-29-15-18-34-65(54)82-68(56)45-49)43-60(47-22-7-2-8-23-47)71(59)80-61-31-16-13-30-57(61)70-63(80)41-40-58-69-62(32-19-35-66(69)83-72(58)70)79(51-24-9-3-10-25-51)52-26-11-4-12-27-52/h1-45H. The Labute approximate surface area is 475 Å². The van der Waals surface area contributed by atoms with Crippen LogP contribution in [0.4, 0.5) is 17.1 Å². The average molecular weight is 1060 g/mol. The lowest BCUT2D eigenvalue weighted by Gasteiger charge is -2.26. The van der Waals surface area contributed by atoms with Gasteiger partial charge in [-0.15, -0.1) is 0 Å². The van der Waals surface area contributed by atoms with Gasteiger partial charge in [0, 0.05) is 71.5 Å². The summed E-state index contributed by atoms with van der Waals surface area (Å²) in [5, 5.41) is 8.35. The van der Waals surface area contributed by atoms with E-state index in [1.165, 1.54) is 0 Å². The highest BCUT2D eigenvalue weighted by Crippen LogP contribution is 2.49. The molecule has 0 aliphatic carbocycles. The quantitative estimate of drug-likeness (QED) is 0.142. The van der Waals surface area contributed by atoms with Gasteiger partial charge in [-0.25, -0.2) is 15.0 Å². The maximum Gasteiger partial charge on any atom is 0.164 e. The minimum absolute atomic E-state index is 0.514. The average Bonchev–Trinajstić information content (AvgIpc) is 2.25. The van der Waals surface area contributed by atoms with Crippen molar-refractivity contribution in [1.82, 2.24) is 19.5 Å². The van der Waals surface area contributed by atoms with Gasteiger partial charge < -0.3 is 22.7 Å². The summed E-state index contributed by atoms with van der Waals surface area (Å²) in [5.41, 5.74) is 17.5. The molecule has 0 bridgehead atoms. The molecule has 388 valence electrons. The SMILES string of the molecule is c1ccc(-c2cc(-c3nc(-c4ccc5c(c4)oc4ccccc45)nc(-c4ccc5c(c4)oc4ccccc45)n3)cc(-c3ccccc3)c2-n2c3ccccc3c3c4oc5cccc(N(c6ccccc6)c6ccccc6)c5c4ccc32)cc1. The summed E-state index contributed by atoms with van der Waals surface area (Å²) in [6, 6.07) is 95.2. The number of rotatable bonds is 9. The number of hydrogen-bond donors (Lipinski definition) is 0. The van der Waals surface area contributed by atoms with Crippen molar-refractivity contribution >= 4 is 105 Å². The van der Waals surface area contributed by atoms with Gasteiger partial charge in [0.15, 0.2) is 17.5 Å². The van der Waals surface area contributed by atoms with Crippen LogP contribution >= 0.6 is 0 Å². The van der Waals surface area contributed by atoms with Crippen molar-refractivity contribution in [2.24, 2.45) is 0 Å². The number of anilines is 3. The second kappa shape index (κ2) is 18.6. The van der Waals surface area contributed by atoms with Crippen LogP contribution in [0, 0.1) is 0 Å². The Bertz CT molecular complexity index is 5160. The molecule has 5 heterocycles. The number of furan rings is 3. The molecular formula is C75H45N5O3. The summed E-state index contributed by atoms with van der Waals surface area (Å²) < 4.78 is 22.5. The van der Waals surface area contributed by atoms with Crippen molar-refractivity contribution in [3.8, 4) is 62.1 Å². The number of para-hydroxylation sites is 5. The van der Waals surface area contributed by atoms with Crippen molar-refractivity contribution in [2.45, 2.75) is 0 Å². The molecule has 17 aromatic rings. The summed E-state index contributed by atoms with van der Waals surface area (Å²) in [5.74, 6) is 1.54. The van der Waals surface area contributed by atoms with Crippen LogP contribution in [0.5, 0.6) is 0 Å². The van der Waals surface area contributed by atoms with Crippen molar-refractivity contribution in [3.05, 3.63) is 273 Å². The van der Waals surface area contributed by atoms with E-state index in [2.05, 4.69) is 234 Å². The van der Waals surface area contributed by atoms with E-state index in [-0.39, 0.29) is 0 Å². The summed E-state index contributed by atoms with van der Waals surface area (Å²) in [4.78, 5) is 18.4. The predicted molar refractivity (Wildman–Crippen MR) is 338 cm³/mol. The Morgan fingerprint density at radius 3 is 1.31 bits per heavy atom. The van der Waals surface area contributed by atoms with Crippen LogP contribution in [0.1, 0.15) is 0 Å². The maximum atomic E-state index is 7.19. The van der Waals surface area contributed by atoms with Crippen LogP contribution in [0.15, 0.2) is 286 Å². The van der Waals surface area contributed by atoms with Crippen LogP contribution in [-0.2, 0) is 0 Å². The number of benzene rings is 12. The van der Waals surface area contributed by atoms with Gasteiger partial charge in [-0.2, -0.15) is 0 Å². The molecule has 8 heteroatoms. The van der Waals surface area contributed by atoms with Crippen molar-refractivity contribution in [2.75, 3.05) is 4.90 Å². The third-order valence-electron chi connectivity index (χ3n) is 16.2. The first-order chi connectivity index (χ1) is 41.1. The summed E-state index contributed by atoms with van der Waals surface area (Å²) >= 11 is 0. The molecule has 0 atom stereocenters. The fourth-order valence-corrected chi connectivity index (χ4v) is 12.5. The molecule has 0 spiro atoms. The van der Waals surface area contributed by atoms with Gasteiger partial charge >= 0.3 is 0 Å². The zero-order valence-electron chi connectivity index (χ0n) is 44.4. The molecule has 0 amide bonds. The first kappa shape index (κ1) is 46.6. The molecular weight excluding hydrogens is 1020 g/mol. The highest BCUT2D eigenvalue weighted by molar-refractivity contribution is 6.26. The minimum atomic E-state index is 0.514. The topological polar surface area (TPSA) is 86.3 Å². The van der Waals surface area contributed by atoms with E-state index in [9.17, 15) is 0 Å². The van der Waals surface area contributed by atoms with Gasteiger partial charge in [0.1, 0.15) is 33.5 Å². The Balaban J connectivity index is 0.922. The fourth-order valence-electron chi connectivity index (χ4n) is 12.5. The van der Waals surface area contributed by atoms with Crippen molar-refractivity contribution in [3.63, 3.8) is 0 Å². The molecule has 0 saturated heterocycles. The number of aromatic nitrogens is 4. The molecule has 8 nitrogen and oxygen atoms in total. The van der Waals surface area contributed by atoms with E-state index in [0.29, 0.717) is 17.5 Å². The number of hydrogen-bond acceptors (Lipinski definition) is 7. The molecule has 0 aliphatic heterocycles. The molecule has 0 fully saturated rings. The van der Waals surface area contributed by atoms with E-state index in [1.54, 1.807) is 0 Å². The minimum Gasteiger partial charge on any atom is -0.456 e. The molecule has 17 rings (SSSR count). The molecule has 0 radical (unpaired) electrons. The predicted octanol–water partition coefficient (Wildman–Crippen LogP) is 20.5. The highest BCUT2D eigenvalue weighted by atomic mass is 16.3. The second-order valence-electron chi connectivity index (χ2n) is 21.0. The van der Waals surface area contributed by atoms with Gasteiger partial charge in [-0.05, 0) is 114 Å². The molecule has 83 heavy (non-hydrogen) atoms. The normalized spacial score (nSPS) is 11.9. The first-order valence-electron chi connectivity index (χ1n) is 27.8. The zero-order valence-corrected chi connectivity index (χ0v) is 44.4. The van der Waals surface area contributed by atoms with Crippen LogP contribution in [0.25, 0.3) is 150 Å². The Hall–Kier alpha value is -11.4. The molecule has 5 aromatic heterocycles. The Morgan fingerprint density at radius 1 is 0.289 bits per heavy atom. The summed E-state index contributed by atoms with van der Waals surface area (Å²) in [6.07, 6.45) is 0. The molecule has 0 saturated carbocycles. The van der Waals surface area contributed by atoms with Crippen molar-refractivity contribution in [1.29, 1.82) is 0 Å². The third kappa shape index (κ3) is 7.50. The lowest BCUT2D eigenvalue weighted by atomic mass is 9.92. The Kier molecular flexibility index (Phi) is 10.4. The van der Waals surface area contributed by atoms with E-state index < -0.39 is 0 Å². The van der Waals surface area contributed by atoms with Crippen LogP contribution in [0.3, 0.4) is 0 Å². The zero-order chi connectivity index (χ0) is 54.5. The Morgan fingerprint density at radius 2 is 0.747 bits per heavy atom. The molecule has 0 unspecified atom stereocenters. The number of nitrogens with zero attached hydrogens (tertiary/aromatic N) is 5.